The summed E-state index contributed by atoms with van der Waals surface area (Å²) in [6.07, 6.45) is 4.89. The molecule has 0 radical (unpaired) electrons. The molecular weight excluding hydrogens is 362 g/mol. The van der Waals surface area contributed by atoms with Crippen LogP contribution in [0.5, 0.6) is 5.75 Å². The van der Waals surface area contributed by atoms with Crippen LogP contribution < -0.4 is 15.0 Å². The number of fused-ring (bicyclic) bond motifs is 1. The third kappa shape index (κ3) is 5.03. The van der Waals surface area contributed by atoms with Crippen LogP contribution in [0.3, 0.4) is 0 Å². The lowest BCUT2D eigenvalue weighted by Crippen LogP contribution is -2.52. The standard InChI is InChI=1S/C24H31N3O2/c1-19-5-4-8-22(17-19)26-12-14-27(15-13-26)24(28)25-11-16-29-23-10-9-20-6-2-3-7-21(20)18-23/h4-5,8-10,17-18H,2-3,6-7,11-16H2,1H3,(H,25,28). The van der Waals surface area contributed by atoms with Gasteiger partial charge in [0.2, 0.25) is 0 Å². The SMILES string of the molecule is Cc1cccc(N2CCN(C(=O)NCCOc3ccc4c(c3)CCCC4)CC2)c1. The van der Waals surface area contributed by atoms with Gasteiger partial charge in [0.1, 0.15) is 12.4 Å². The minimum Gasteiger partial charge on any atom is -0.492 e. The van der Waals surface area contributed by atoms with Crippen LogP contribution in [-0.4, -0.2) is 50.3 Å². The van der Waals surface area contributed by atoms with E-state index in [1.165, 1.54) is 41.6 Å². The third-order valence-corrected chi connectivity index (χ3v) is 5.90. The molecule has 5 nitrogen and oxygen atoms in total. The highest BCUT2D eigenvalue weighted by Gasteiger charge is 2.21. The fraction of sp³-hybridized carbons (Fsp3) is 0.458. The van der Waals surface area contributed by atoms with Gasteiger partial charge in [-0.3, -0.25) is 0 Å². The maximum Gasteiger partial charge on any atom is 0.317 e. The fourth-order valence-corrected chi connectivity index (χ4v) is 4.23. The number of carbonyl (C=O) groups is 1. The van der Waals surface area contributed by atoms with Gasteiger partial charge in [-0.2, -0.15) is 0 Å². The zero-order valence-corrected chi connectivity index (χ0v) is 17.3. The second kappa shape index (κ2) is 9.21. The van der Waals surface area contributed by atoms with E-state index in [4.69, 9.17) is 4.74 Å². The van der Waals surface area contributed by atoms with Crippen LogP contribution in [0, 0.1) is 6.92 Å². The van der Waals surface area contributed by atoms with Gasteiger partial charge in [0.15, 0.2) is 0 Å². The number of benzene rings is 2. The number of piperazine rings is 1. The lowest BCUT2D eigenvalue weighted by atomic mass is 9.92. The first-order valence-electron chi connectivity index (χ1n) is 10.8. The Labute approximate surface area is 173 Å². The van der Waals surface area contributed by atoms with Gasteiger partial charge in [0, 0.05) is 31.9 Å². The molecule has 1 saturated heterocycles. The molecule has 1 heterocycles. The molecule has 0 saturated carbocycles. The monoisotopic (exact) mass is 393 g/mol. The van der Waals surface area contributed by atoms with E-state index < -0.39 is 0 Å². The van der Waals surface area contributed by atoms with Crippen LogP contribution in [-0.2, 0) is 12.8 Å². The number of hydrogen-bond donors (Lipinski definition) is 1. The van der Waals surface area contributed by atoms with E-state index in [9.17, 15) is 4.79 Å². The van der Waals surface area contributed by atoms with E-state index in [0.29, 0.717) is 13.2 Å². The number of amides is 2. The van der Waals surface area contributed by atoms with Crippen molar-refractivity contribution in [2.75, 3.05) is 44.2 Å². The first-order chi connectivity index (χ1) is 14.2. The Kier molecular flexibility index (Phi) is 6.23. The number of carbonyl (C=O) groups excluding carboxylic acids is 1. The second-order valence-corrected chi connectivity index (χ2v) is 8.03. The number of urea groups is 1. The molecule has 1 N–H and O–H groups in total. The average Bonchev–Trinajstić information content (AvgIpc) is 2.76. The van der Waals surface area contributed by atoms with Gasteiger partial charge in [-0.1, -0.05) is 18.2 Å². The Morgan fingerprint density at radius 2 is 1.79 bits per heavy atom. The van der Waals surface area contributed by atoms with Crippen molar-refractivity contribution in [2.24, 2.45) is 0 Å². The highest BCUT2D eigenvalue weighted by atomic mass is 16.5. The van der Waals surface area contributed by atoms with E-state index in [1.54, 1.807) is 0 Å². The van der Waals surface area contributed by atoms with E-state index in [-0.39, 0.29) is 6.03 Å². The maximum atomic E-state index is 12.4. The second-order valence-electron chi connectivity index (χ2n) is 8.03. The molecule has 0 unspecified atom stereocenters. The number of ether oxygens (including phenoxy) is 1. The van der Waals surface area contributed by atoms with E-state index >= 15 is 0 Å². The summed E-state index contributed by atoms with van der Waals surface area (Å²) in [5.41, 5.74) is 5.39. The normalized spacial score (nSPS) is 16.3. The fourth-order valence-electron chi connectivity index (χ4n) is 4.23. The average molecular weight is 394 g/mol. The summed E-state index contributed by atoms with van der Waals surface area (Å²) in [7, 11) is 0. The zero-order chi connectivity index (χ0) is 20.1. The van der Waals surface area contributed by atoms with Gasteiger partial charge in [-0.05, 0) is 73.6 Å². The summed E-state index contributed by atoms with van der Waals surface area (Å²) in [4.78, 5) is 16.7. The van der Waals surface area contributed by atoms with Crippen molar-refractivity contribution >= 4 is 11.7 Å². The van der Waals surface area contributed by atoms with Gasteiger partial charge in [0.05, 0.1) is 6.54 Å². The van der Waals surface area contributed by atoms with Crippen molar-refractivity contribution in [3.8, 4) is 5.75 Å². The smallest absolute Gasteiger partial charge is 0.317 e. The van der Waals surface area contributed by atoms with Crippen LogP contribution in [0.4, 0.5) is 10.5 Å². The number of hydrogen-bond acceptors (Lipinski definition) is 3. The molecule has 2 aromatic rings. The molecular formula is C24H31N3O2. The molecule has 154 valence electrons. The highest BCUT2D eigenvalue weighted by molar-refractivity contribution is 5.74. The summed E-state index contributed by atoms with van der Waals surface area (Å²) in [5, 5.41) is 2.99. The summed E-state index contributed by atoms with van der Waals surface area (Å²) in [5.74, 6) is 0.909. The minimum absolute atomic E-state index is 0.00272. The Morgan fingerprint density at radius 3 is 2.59 bits per heavy atom. The highest BCUT2D eigenvalue weighted by Crippen LogP contribution is 2.25. The molecule has 1 fully saturated rings. The Morgan fingerprint density at radius 1 is 1.00 bits per heavy atom. The van der Waals surface area contributed by atoms with Crippen LogP contribution in [0.2, 0.25) is 0 Å². The number of aryl methyl sites for hydroxylation is 3. The molecule has 0 bridgehead atoms. The number of nitrogens with one attached hydrogen (secondary N) is 1. The molecule has 29 heavy (non-hydrogen) atoms. The third-order valence-electron chi connectivity index (χ3n) is 5.90. The largest absolute Gasteiger partial charge is 0.492 e. The van der Waals surface area contributed by atoms with Crippen molar-refractivity contribution in [2.45, 2.75) is 32.6 Å². The number of anilines is 1. The topological polar surface area (TPSA) is 44.8 Å². The summed E-state index contributed by atoms with van der Waals surface area (Å²) in [6, 6.07) is 15.0. The first kappa shape index (κ1) is 19.6. The molecule has 2 amide bonds. The molecule has 5 heteroatoms. The molecule has 1 aliphatic carbocycles. The van der Waals surface area contributed by atoms with Crippen LogP contribution in [0.25, 0.3) is 0 Å². The van der Waals surface area contributed by atoms with Gasteiger partial charge < -0.3 is 19.9 Å². The quantitative estimate of drug-likeness (QED) is 0.786. The van der Waals surface area contributed by atoms with E-state index in [0.717, 1.165) is 38.3 Å². The van der Waals surface area contributed by atoms with Crippen molar-refractivity contribution < 1.29 is 9.53 Å². The summed E-state index contributed by atoms with van der Waals surface area (Å²) >= 11 is 0. The van der Waals surface area contributed by atoms with Crippen molar-refractivity contribution in [3.05, 3.63) is 59.2 Å². The van der Waals surface area contributed by atoms with Crippen molar-refractivity contribution in [1.82, 2.24) is 10.2 Å². The molecule has 0 aromatic heterocycles. The zero-order valence-electron chi connectivity index (χ0n) is 17.3. The van der Waals surface area contributed by atoms with Crippen LogP contribution in [0.1, 0.15) is 29.5 Å². The van der Waals surface area contributed by atoms with E-state index in [1.807, 2.05) is 4.90 Å². The lowest BCUT2D eigenvalue weighted by Gasteiger charge is -2.36. The molecule has 2 aliphatic rings. The van der Waals surface area contributed by atoms with Crippen LogP contribution >= 0.6 is 0 Å². The van der Waals surface area contributed by atoms with Gasteiger partial charge in [-0.15, -0.1) is 0 Å². The van der Waals surface area contributed by atoms with Crippen molar-refractivity contribution in [3.63, 3.8) is 0 Å². The molecule has 1 aliphatic heterocycles. The summed E-state index contributed by atoms with van der Waals surface area (Å²) < 4.78 is 5.85. The molecule has 0 atom stereocenters. The van der Waals surface area contributed by atoms with Gasteiger partial charge in [0.25, 0.3) is 0 Å². The Balaban J connectivity index is 1.18. The summed E-state index contributed by atoms with van der Waals surface area (Å²) in [6.45, 7) is 6.34. The predicted octanol–water partition coefficient (Wildman–Crippen LogP) is 3.78. The molecule has 0 spiro atoms. The van der Waals surface area contributed by atoms with E-state index in [2.05, 4.69) is 59.6 Å². The van der Waals surface area contributed by atoms with Crippen LogP contribution in [0.15, 0.2) is 42.5 Å². The molecule has 2 aromatic carbocycles. The molecule has 4 rings (SSSR count). The lowest BCUT2D eigenvalue weighted by molar-refractivity contribution is 0.191. The number of rotatable bonds is 5. The Hall–Kier alpha value is -2.69. The maximum absolute atomic E-state index is 12.4. The van der Waals surface area contributed by atoms with Crippen molar-refractivity contribution in [1.29, 1.82) is 0 Å². The predicted molar refractivity (Wildman–Crippen MR) is 117 cm³/mol. The van der Waals surface area contributed by atoms with Gasteiger partial charge >= 0.3 is 6.03 Å². The first-order valence-corrected chi connectivity index (χ1v) is 10.8. The minimum atomic E-state index is 0.00272. The number of nitrogens with zero attached hydrogens (tertiary/aromatic N) is 2. The Bertz CT molecular complexity index is 844. The van der Waals surface area contributed by atoms with Gasteiger partial charge in [-0.25, -0.2) is 4.79 Å².